The minimum Gasteiger partial charge on any atom is -0.376 e. The fourth-order valence-electron chi connectivity index (χ4n) is 3.42. The minimum absolute atomic E-state index is 0.0223. The molecule has 2 aromatic rings. The molecule has 1 saturated carbocycles. The van der Waals surface area contributed by atoms with Crippen molar-refractivity contribution in [3.8, 4) is 0 Å². The number of anilines is 2. The molecule has 0 atom stereocenters. The average molecular weight is 394 g/mol. The van der Waals surface area contributed by atoms with Crippen molar-refractivity contribution in [3.05, 3.63) is 59.7 Å². The molecule has 0 aromatic heterocycles. The van der Waals surface area contributed by atoms with Crippen LogP contribution in [-0.2, 0) is 4.79 Å². The van der Waals surface area contributed by atoms with Crippen molar-refractivity contribution < 1.29 is 14.4 Å². The number of nitrogens with one attached hydrogen (secondary N) is 3. The summed E-state index contributed by atoms with van der Waals surface area (Å²) in [5, 5.41) is 8.82. The lowest BCUT2D eigenvalue weighted by molar-refractivity contribution is -0.114. The van der Waals surface area contributed by atoms with Gasteiger partial charge in [-0.3, -0.25) is 14.4 Å². The molecular formula is C22H26N4O3. The standard InChI is InChI=1S/C22H26N4O3/c23-21(28)15-6-4-11-19(12-15)25-20(27)14-24-18-10-5-7-16(13-18)22(29)26-17-8-2-1-3-9-17/h4-7,10-13,17,24H,1-3,8-9,14H2,(H2,23,28)(H,25,27)(H,26,29). The summed E-state index contributed by atoms with van der Waals surface area (Å²) in [5.74, 6) is -0.917. The molecule has 0 aliphatic heterocycles. The van der Waals surface area contributed by atoms with E-state index in [0.717, 1.165) is 25.7 Å². The highest BCUT2D eigenvalue weighted by Crippen LogP contribution is 2.18. The van der Waals surface area contributed by atoms with Gasteiger partial charge < -0.3 is 21.7 Å². The molecular weight excluding hydrogens is 368 g/mol. The molecule has 0 saturated heterocycles. The molecule has 0 unspecified atom stereocenters. The Morgan fingerprint density at radius 1 is 0.897 bits per heavy atom. The van der Waals surface area contributed by atoms with Gasteiger partial charge in [0.1, 0.15) is 0 Å². The maximum Gasteiger partial charge on any atom is 0.251 e. The van der Waals surface area contributed by atoms with Gasteiger partial charge in [-0.2, -0.15) is 0 Å². The summed E-state index contributed by atoms with van der Waals surface area (Å²) >= 11 is 0. The van der Waals surface area contributed by atoms with Crippen LogP contribution >= 0.6 is 0 Å². The highest BCUT2D eigenvalue weighted by molar-refractivity contribution is 5.98. The van der Waals surface area contributed by atoms with Crippen molar-refractivity contribution >= 4 is 29.1 Å². The number of hydrogen-bond acceptors (Lipinski definition) is 4. The third kappa shape index (κ3) is 6.07. The molecule has 0 heterocycles. The highest BCUT2D eigenvalue weighted by Gasteiger charge is 2.16. The Bertz CT molecular complexity index is 891. The number of benzene rings is 2. The first-order chi connectivity index (χ1) is 14.0. The lowest BCUT2D eigenvalue weighted by atomic mass is 9.95. The number of carbonyl (C=O) groups excluding carboxylic acids is 3. The van der Waals surface area contributed by atoms with Crippen molar-refractivity contribution in [1.29, 1.82) is 0 Å². The van der Waals surface area contributed by atoms with E-state index in [1.54, 1.807) is 42.5 Å². The maximum absolute atomic E-state index is 12.5. The predicted octanol–water partition coefficient (Wildman–Crippen LogP) is 2.90. The zero-order valence-electron chi connectivity index (χ0n) is 16.2. The van der Waals surface area contributed by atoms with Gasteiger partial charge in [-0.25, -0.2) is 0 Å². The molecule has 5 N–H and O–H groups in total. The largest absolute Gasteiger partial charge is 0.376 e. The molecule has 7 nitrogen and oxygen atoms in total. The van der Waals surface area contributed by atoms with E-state index in [2.05, 4.69) is 16.0 Å². The van der Waals surface area contributed by atoms with Crippen molar-refractivity contribution in [2.45, 2.75) is 38.1 Å². The summed E-state index contributed by atoms with van der Waals surface area (Å²) in [6, 6.07) is 13.8. The molecule has 2 aromatic carbocycles. The molecule has 7 heteroatoms. The maximum atomic E-state index is 12.5. The van der Waals surface area contributed by atoms with Gasteiger partial charge in [0.2, 0.25) is 11.8 Å². The van der Waals surface area contributed by atoms with Crippen LogP contribution in [0.1, 0.15) is 52.8 Å². The van der Waals surface area contributed by atoms with E-state index in [4.69, 9.17) is 5.73 Å². The lowest BCUT2D eigenvalue weighted by Gasteiger charge is -2.22. The summed E-state index contributed by atoms with van der Waals surface area (Å²) in [6.45, 7) is 0.0223. The number of amides is 3. The quantitative estimate of drug-likeness (QED) is 0.578. The fourth-order valence-corrected chi connectivity index (χ4v) is 3.42. The first-order valence-corrected chi connectivity index (χ1v) is 9.86. The molecule has 0 bridgehead atoms. The van der Waals surface area contributed by atoms with E-state index < -0.39 is 5.91 Å². The lowest BCUT2D eigenvalue weighted by Crippen LogP contribution is -2.36. The Kier molecular flexibility index (Phi) is 6.84. The smallest absolute Gasteiger partial charge is 0.251 e. The molecule has 29 heavy (non-hydrogen) atoms. The Labute approximate surface area is 170 Å². The Morgan fingerprint density at radius 2 is 1.55 bits per heavy atom. The highest BCUT2D eigenvalue weighted by atomic mass is 16.2. The number of nitrogens with two attached hydrogens (primary N) is 1. The third-order valence-corrected chi connectivity index (χ3v) is 4.95. The van der Waals surface area contributed by atoms with Gasteiger partial charge in [-0.15, -0.1) is 0 Å². The van der Waals surface area contributed by atoms with Crippen LogP contribution in [0.2, 0.25) is 0 Å². The summed E-state index contributed by atoms with van der Waals surface area (Å²) in [4.78, 5) is 35.9. The first kappa shape index (κ1) is 20.4. The van der Waals surface area contributed by atoms with Crippen LogP contribution in [0.5, 0.6) is 0 Å². The first-order valence-electron chi connectivity index (χ1n) is 9.86. The van der Waals surface area contributed by atoms with Gasteiger partial charge in [0.25, 0.3) is 5.91 Å². The summed E-state index contributed by atoms with van der Waals surface area (Å²) in [6.07, 6.45) is 5.61. The van der Waals surface area contributed by atoms with Crippen LogP contribution in [0.3, 0.4) is 0 Å². The molecule has 3 rings (SSSR count). The average Bonchev–Trinajstić information content (AvgIpc) is 2.73. The topological polar surface area (TPSA) is 113 Å². The Balaban J connectivity index is 1.53. The molecule has 1 aliphatic carbocycles. The van der Waals surface area contributed by atoms with Gasteiger partial charge in [0, 0.05) is 28.5 Å². The van der Waals surface area contributed by atoms with Gasteiger partial charge in [0.15, 0.2) is 0 Å². The van der Waals surface area contributed by atoms with Crippen LogP contribution < -0.4 is 21.7 Å². The SMILES string of the molecule is NC(=O)c1cccc(NC(=O)CNc2cccc(C(=O)NC3CCCCC3)c2)c1. The number of hydrogen-bond donors (Lipinski definition) is 4. The Morgan fingerprint density at radius 3 is 2.28 bits per heavy atom. The predicted molar refractivity (Wildman–Crippen MR) is 113 cm³/mol. The van der Waals surface area contributed by atoms with Crippen molar-refractivity contribution in [3.63, 3.8) is 0 Å². The van der Waals surface area contributed by atoms with Gasteiger partial charge >= 0.3 is 0 Å². The second-order valence-corrected chi connectivity index (χ2v) is 7.24. The summed E-state index contributed by atoms with van der Waals surface area (Å²) in [7, 11) is 0. The fraction of sp³-hybridized carbons (Fsp3) is 0.318. The number of rotatable bonds is 7. The van der Waals surface area contributed by atoms with E-state index in [9.17, 15) is 14.4 Å². The third-order valence-electron chi connectivity index (χ3n) is 4.95. The monoisotopic (exact) mass is 394 g/mol. The van der Waals surface area contributed by atoms with Crippen LogP contribution in [0.4, 0.5) is 11.4 Å². The number of primary amides is 1. The van der Waals surface area contributed by atoms with Crippen LogP contribution in [0.25, 0.3) is 0 Å². The second kappa shape index (κ2) is 9.73. The molecule has 1 fully saturated rings. The van der Waals surface area contributed by atoms with E-state index in [1.807, 2.05) is 0 Å². The van der Waals surface area contributed by atoms with Crippen LogP contribution in [0.15, 0.2) is 48.5 Å². The van der Waals surface area contributed by atoms with Crippen molar-refractivity contribution in [1.82, 2.24) is 5.32 Å². The normalized spacial score (nSPS) is 14.1. The van der Waals surface area contributed by atoms with Crippen molar-refractivity contribution in [2.75, 3.05) is 17.2 Å². The van der Waals surface area contributed by atoms with Crippen molar-refractivity contribution in [2.24, 2.45) is 5.73 Å². The molecule has 1 aliphatic rings. The minimum atomic E-state index is -0.553. The van der Waals surface area contributed by atoms with Gasteiger partial charge in [-0.05, 0) is 49.2 Å². The molecule has 0 radical (unpaired) electrons. The van der Waals surface area contributed by atoms with E-state index in [0.29, 0.717) is 22.5 Å². The van der Waals surface area contributed by atoms with Crippen LogP contribution in [-0.4, -0.2) is 30.3 Å². The van der Waals surface area contributed by atoms with Crippen LogP contribution in [0, 0.1) is 0 Å². The second-order valence-electron chi connectivity index (χ2n) is 7.24. The molecule has 0 spiro atoms. The molecule has 3 amide bonds. The number of carbonyl (C=O) groups is 3. The van der Waals surface area contributed by atoms with E-state index in [1.165, 1.54) is 12.5 Å². The summed E-state index contributed by atoms with van der Waals surface area (Å²) in [5.41, 5.74) is 7.32. The van der Waals surface area contributed by atoms with E-state index in [-0.39, 0.29) is 24.4 Å². The summed E-state index contributed by atoms with van der Waals surface area (Å²) < 4.78 is 0. The Hall–Kier alpha value is -3.35. The van der Waals surface area contributed by atoms with Gasteiger partial charge in [0.05, 0.1) is 6.54 Å². The zero-order chi connectivity index (χ0) is 20.6. The molecule has 152 valence electrons. The van der Waals surface area contributed by atoms with Gasteiger partial charge in [-0.1, -0.05) is 31.4 Å². The van der Waals surface area contributed by atoms with E-state index >= 15 is 0 Å². The zero-order valence-corrected chi connectivity index (χ0v) is 16.2.